The topological polar surface area (TPSA) is 107 Å². The first-order valence-corrected chi connectivity index (χ1v) is 12.2. The number of carbonyl (C=O) groups excluding carboxylic acids is 2. The molecule has 0 aliphatic carbocycles. The van der Waals surface area contributed by atoms with Gasteiger partial charge in [-0.3, -0.25) is 9.59 Å². The van der Waals surface area contributed by atoms with Gasteiger partial charge in [0.05, 0.1) is 32.2 Å². The molecule has 0 unspecified atom stereocenters. The van der Waals surface area contributed by atoms with Crippen molar-refractivity contribution in [3.05, 3.63) is 56.7 Å². The predicted octanol–water partition coefficient (Wildman–Crippen LogP) is 4.02. The zero-order valence-corrected chi connectivity index (χ0v) is 22.0. The molecular formula is C21H21Br2N5O4S. The molecule has 2 N–H and O–H groups in total. The van der Waals surface area contributed by atoms with Crippen molar-refractivity contribution >= 4 is 61.1 Å². The van der Waals surface area contributed by atoms with Gasteiger partial charge < -0.3 is 24.7 Å². The highest BCUT2D eigenvalue weighted by molar-refractivity contribution is 9.11. The molecule has 3 rings (SSSR count). The first-order chi connectivity index (χ1) is 15.8. The van der Waals surface area contributed by atoms with Gasteiger partial charge in [0.25, 0.3) is 5.91 Å². The predicted molar refractivity (Wildman–Crippen MR) is 133 cm³/mol. The fourth-order valence-corrected chi connectivity index (χ4v) is 4.21. The van der Waals surface area contributed by atoms with E-state index in [0.717, 1.165) is 8.95 Å². The van der Waals surface area contributed by atoms with Gasteiger partial charge in [0.1, 0.15) is 0 Å². The summed E-state index contributed by atoms with van der Waals surface area (Å²) >= 11 is 8.05. The van der Waals surface area contributed by atoms with E-state index in [1.807, 2.05) is 18.2 Å². The number of benzene rings is 2. The maximum Gasteiger partial charge on any atom is 0.251 e. The summed E-state index contributed by atoms with van der Waals surface area (Å²) in [6.07, 6.45) is 0. The fourth-order valence-electron chi connectivity index (χ4n) is 2.77. The summed E-state index contributed by atoms with van der Waals surface area (Å²) in [6.45, 7) is 0.175. The summed E-state index contributed by atoms with van der Waals surface area (Å²) in [4.78, 5) is 24.8. The summed E-state index contributed by atoms with van der Waals surface area (Å²) in [6, 6.07) is 10.5. The van der Waals surface area contributed by atoms with E-state index in [4.69, 9.17) is 9.47 Å². The molecule has 0 aliphatic rings. The van der Waals surface area contributed by atoms with Crippen molar-refractivity contribution in [1.82, 2.24) is 20.1 Å². The van der Waals surface area contributed by atoms with Gasteiger partial charge in [-0.05, 0) is 52.3 Å². The van der Waals surface area contributed by atoms with Crippen molar-refractivity contribution in [1.29, 1.82) is 0 Å². The number of hydrogen-bond donors (Lipinski definition) is 2. The Labute approximate surface area is 211 Å². The van der Waals surface area contributed by atoms with Gasteiger partial charge in [0.2, 0.25) is 5.91 Å². The van der Waals surface area contributed by atoms with E-state index < -0.39 is 0 Å². The number of amides is 2. The van der Waals surface area contributed by atoms with Gasteiger partial charge in [-0.1, -0.05) is 27.7 Å². The van der Waals surface area contributed by atoms with Crippen molar-refractivity contribution in [3.8, 4) is 11.5 Å². The van der Waals surface area contributed by atoms with Gasteiger partial charge in [-0.15, -0.1) is 10.2 Å². The Morgan fingerprint density at radius 3 is 2.55 bits per heavy atom. The Hall–Kier alpha value is -2.57. The number of hydrogen-bond acceptors (Lipinski definition) is 7. The summed E-state index contributed by atoms with van der Waals surface area (Å²) in [5.74, 6) is 1.26. The molecule has 0 saturated carbocycles. The molecule has 1 aromatic heterocycles. The standard InChI is InChI=1S/C21H21Br2N5O4S/c1-28-18(10-24-20(30)12-4-7-16(31-2)17(8-12)32-3)26-27-21(28)33-11-19(29)25-15-9-13(22)5-6-14(15)23/h4-9H,10-11H2,1-3H3,(H,24,30)(H,25,29). The number of nitrogens with one attached hydrogen (secondary N) is 2. The summed E-state index contributed by atoms with van der Waals surface area (Å²) in [7, 11) is 4.82. The minimum Gasteiger partial charge on any atom is -0.493 e. The lowest BCUT2D eigenvalue weighted by Crippen LogP contribution is -2.24. The number of thioether (sulfide) groups is 1. The van der Waals surface area contributed by atoms with Crippen molar-refractivity contribution in [2.45, 2.75) is 11.7 Å². The number of aromatic nitrogens is 3. The summed E-state index contributed by atoms with van der Waals surface area (Å²) in [5, 5.41) is 14.5. The second-order valence-corrected chi connectivity index (χ2v) is 9.38. The van der Waals surface area contributed by atoms with Crippen LogP contribution in [0, 0.1) is 0 Å². The average Bonchev–Trinajstić information content (AvgIpc) is 3.17. The number of nitrogens with zero attached hydrogens (tertiary/aromatic N) is 3. The molecule has 0 spiro atoms. The van der Waals surface area contributed by atoms with E-state index in [0.29, 0.717) is 33.7 Å². The number of ether oxygens (including phenoxy) is 2. The van der Waals surface area contributed by atoms with E-state index in [2.05, 4.69) is 52.7 Å². The molecule has 0 atom stereocenters. The van der Waals surface area contributed by atoms with Crippen LogP contribution in [0.15, 0.2) is 50.5 Å². The molecule has 9 nitrogen and oxygen atoms in total. The lowest BCUT2D eigenvalue weighted by Gasteiger charge is -2.10. The number of carbonyl (C=O) groups is 2. The monoisotopic (exact) mass is 597 g/mol. The smallest absolute Gasteiger partial charge is 0.251 e. The van der Waals surface area contributed by atoms with Crippen molar-refractivity contribution in [2.24, 2.45) is 7.05 Å². The first-order valence-electron chi connectivity index (χ1n) is 9.58. The molecule has 0 fully saturated rings. The quantitative estimate of drug-likeness (QED) is 0.358. The van der Waals surface area contributed by atoms with Crippen molar-refractivity contribution < 1.29 is 19.1 Å². The first kappa shape index (κ1) is 25.1. The Morgan fingerprint density at radius 2 is 1.82 bits per heavy atom. The average molecular weight is 599 g/mol. The minimum absolute atomic E-state index is 0.156. The second-order valence-electron chi connectivity index (χ2n) is 6.67. The zero-order chi connectivity index (χ0) is 24.0. The van der Waals surface area contributed by atoms with E-state index in [1.165, 1.54) is 26.0 Å². The molecule has 3 aromatic rings. The zero-order valence-electron chi connectivity index (χ0n) is 18.0. The van der Waals surface area contributed by atoms with Crippen LogP contribution < -0.4 is 20.1 Å². The third-order valence-electron chi connectivity index (χ3n) is 4.51. The van der Waals surface area contributed by atoms with E-state index in [9.17, 15) is 9.59 Å². The molecule has 2 aromatic carbocycles. The van der Waals surface area contributed by atoms with Crippen LogP contribution in [0.2, 0.25) is 0 Å². The largest absolute Gasteiger partial charge is 0.493 e. The number of halogens is 2. The molecule has 2 amide bonds. The fraction of sp³-hybridized carbons (Fsp3) is 0.238. The number of methoxy groups -OCH3 is 2. The molecule has 0 bridgehead atoms. The van der Waals surface area contributed by atoms with E-state index in [-0.39, 0.29) is 24.1 Å². The highest BCUT2D eigenvalue weighted by Gasteiger charge is 2.15. The number of anilines is 1. The third kappa shape index (κ3) is 6.49. The highest BCUT2D eigenvalue weighted by Crippen LogP contribution is 2.28. The van der Waals surface area contributed by atoms with Crippen LogP contribution in [0.3, 0.4) is 0 Å². The van der Waals surface area contributed by atoms with Crippen molar-refractivity contribution in [3.63, 3.8) is 0 Å². The van der Waals surface area contributed by atoms with E-state index >= 15 is 0 Å². The minimum atomic E-state index is -0.285. The van der Waals surface area contributed by atoms with Crippen LogP contribution in [0.5, 0.6) is 11.5 Å². The van der Waals surface area contributed by atoms with Crippen LogP contribution in [-0.2, 0) is 18.4 Å². The van der Waals surface area contributed by atoms with Crippen LogP contribution in [0.4, 0.5) is 5.69 Å². The Kier molecular flexibility index (Phi) is 8.75. The molecule has 33 heavy (non-hydrogen) atoms. The van der Waals surface area contributed by atoms with Gasteiger partial charge >= 0.3 is 0 Å². The lowest BCUT2D eigenvalue weighted by atomic mass is 10.2. The number of rotatable bonds is 9. The SMILES string of the molecule is COc1ccc(C(=O)NCc2nnc(SCC(=O)Nc3cc(Br)ccc3Br)n2C)cc1OC. The second kappa shape index (κ2) is 11.5. The normalized spacial score (nSPS) is 10.6. The Balaban J connectivity index is 1.55. The molecule has 0 saturated heterocycles. The van der Waals surface area contributed by atoms with Crippen LogP contribution in [-0.4, -0.2) is 46.6 Å². The van der Waals surface area contributed by atoms with Gasteiger partial charge in [-0.2, -0.15) is 0 Å². The van der Waals surface area contributed by atoms with Crippen molar-refractivity contribution in [2.75, 3.05) is 25.3 Å². The highest BCUT2D eigenvalue weighted by atomic mass is 79.9. The molecular weight excluding hydrogens is 578 g/mol. The van der Waals surface area contributed by atoms with Crippen LogP contribution >= 0.6 is 43.6 Å². The molecule has 0 aliphatic heterocycles. The lowest BCUT2D eigenvalue weighted by molar-refractivity contribution is -0.113. The van der Waals surface area contributed by atoms with Gasteiger partial charge in [0.15, 0.2) is 22.5 Å². The molecule has 174 valence electrons. The van der Waals surface area contributed by atoms with Gasteiger partial charge in [0, 0.05) is 21.6 Å². The Bertz CT molecular complexity index is 1170. The maximum atomic E-state index is 12.5. The third-order valence-corrected chi connectivity index (χ3v) is 6.72. The molecule has 0 radical (unpaired) electrons. The maximum absolute atomic E-state index is 12.5. The van der Waals surface area contributed by atoms with Gasteiger partial charge in [-0.25, -0.2) is 0 Å². The van der Waals surface area contributed by atoms with E-state index in [1.54, 1.807) is 29.8 Å². The summed E-state index contributed by atoms with van der Waals surface area (Å²) < 4.78 is 13.8. The molecule has 1 heterocycles. The molecule has 12 heteroatoms. The summed E-state index contributed by atoms with van der Waals surface area (Å²) in [5.41, 5.74) is 1.10. The van der Waals surface area contributed by atoms with Crippen LogP contribution in [0.1, 0.15) is 16.2 Å². The van der Waals surface area contributed by atoms with Crippen LogP contribution in [0.25, 0.3) is 0 Å². The Morgan fingerprint density at radius 1 is 1.06 bits per heavy atom.